The molecule has 1 aromatic rings. The molecule has 2 aliphatic rings. The molecule has 0 radical (unpaired) electrons. The van der Waals surface area contributed by atoms with Crippen molar-refractivity contribution in [2.75, 3.05) is 6.61 Å². The van der Waals surface area contributed by atoms with Gasteiger partial charge in [0, 0.05) is 24.1 Å². The Bertz CT molecular complexity index is 665. The third kappa shape index (κ3) is 3.54. The first-order valence-corrected chi connectivity index (χ1v) is 7.91. The van der Waals surface area contributed by atoms with Crippen molar-refractivity contribution in [1.29, 1.82) is 5.26 Å². The van der Waals surface area contributed by atoms with Crippen LogP contribution < -0.4 is 0 Å². The summed E-state index contributed by atoms with van der Waals surface area (Å²) in [6, 6.07) is 6.45. The molecule has 0 N–H and O–H groups in total. The van der Waals surface area contributed by atoms with Gasteiger partial charge in [-0.25, -0.2) is 0 Å². The summed E-state index contributed by atoms with van der Waals surface area (Å²) in [5.41, 5.74) is -0.789. The number of carbonyl (C=O) groups excluding carboxylic acids is 1. The largest absolute Gasteiger partial charge is 0.416 e. The summed E-state index contributed by atoms with van der Waals surface area (Å²) in [5, 5.41) is 9.02. The third-order valence-corrected chi connectivity index (χ3v) is 4.41. The van der Waals surface area contributed by atoms with Crippen LogP contribution in [0.4, 0.5) is 13.2 Å². The zero-order valence-corrected chi connectivity index (χ0v) is 12.9. The van der Waals surface area contributed by atoms with E-state index in [1.807, 2.05) is 6.07 Å². The molecular weight excluding hydrogens is 321 g/mol. The summed E-state index contributed by atoms with van der Waals surface area (Å²) in [4.78, 5) is 14.5. The minimum absolute atomic E-state index is 0.0386. The van der Waals surface area contributed by atoms with Crippen LogP contribution in [-0.4, -0.2) is 35.6 Å². The number of halogens is 3. The van der Waals surface area contributed by atoms with Crippen molar-refractivity contribution in [1.82, 2.24) is 4.90 Å². The predicted molar refractivity (Wildman–Crippen MR) is 79.0 cm³/mol. The van der Waals surface area contributed by atoms with Crippen molar-refractivity contribution in [2.45, 2.75) is 50.0 Å². The lowest BCUT2D eigenvalue weighted by molar-refractivity contribution is -0.137. The highest BCUT2D eigenvalue weighted by Gasteiger charge is 2.40. The minimum atomic E-state index is -4.48. The molecule has 1 aromatic carbocycles. The van der Waals surface area contributed by atoms with Gasteiger partial charge in [-0.3, -0.25) is 4.79 Å². The second-order valence-corrected chi connectivity index (χ2v) is 6.19. The Morgan fingerprint density at radius 2 is 2.00 bits per heavy atom. The topological polar surface area (TPSA) is 53.3 Å². The monoisotopic (exact) mass is 338 g/mol. The number of carbonyl (C=O) groups is 1. The molecular formula is C17H17F3N2O2. The fourth-order valence-corrected chi connectivity index (χ4v) is 3.08. The van der Waals surface area contributed by atoms with Crippen LogP contribution in [-0.2, 0) is 10.9 Å². The number of ether oxygens (including phenoxy) is 1. The van der Waals surface area contributed by atoms with Gasteiger partial charge in [-0.1, -0.05) is 6.07 Å². The van der Waals surface area contributed by atoms with E-state index in [0.29, 0.717) is 19.4 Å². The minimum Gasteiger partial charge on any atom is -0.363 e. The molecule has 1 unspecified atom stereocenters. The Morgan fingerprint density at radius 3 is 2.62 bits per heavy atom. The summed E-state index contributed by atoms with van der Waals surface area (Å²) in [6.45, 7) is 0.377. The highest BCUT2D eigenvalue weighted by molar-refractivity contribution is 5.95. The zero-order chi connectivity index (χ0) is 17.3. The number of hydrogen-bond acceptors (Lipinski definition) is 3. The van der Waals surface area contributed by atoms with Gasteiger partial charge in [-0.05, 0) is 37.5 Å². The summed E-state index contributed by atoms with van der Waals surface area (Å²) in [5.74, 6) is -0.396. The zero-order valence-electron chi connectivity index (χ0n) is 12.9. The Hall–Kier alpha value is -2.07. The normalized spacial score (nSPS) is 24.2. The molecule has 4 nitrogen and oxygen atoms in total. The molecule has 128 valence electrons. The van der Waals surface area contributed by atoms with Crippen molar-refractivity contribution >= 4 is 5.91 Å². The molecule has 2 atom stereocenters. The molecule has 0 aromatic heterocycles. The second-order valence-electron chi connectivity index (χ2n) is 6.19. The van der Waals surface area contributed by atoms with Gasteiger partial charge >= 0.3 is 6.18 Å². The van der Waals surface area contributed by atoms with Gasteiger partial charge in [-0.15, -0.1) is 0 Å². The van der Waals surface area contributed by atoms with Gasteiger partial charge in [0.2, 0.25) is 0 Å². The van der Waals surface area contributed by atoms with Crippen molar-refractivity contribution in [3.05, 3.63) is 35.4 Å². The first-order valence-electron chi connectivity index (χ1n) is 7.91. The van der Waals surface area contributed by atoms with Crippen LogP contribution >= 0.6 is 0 Å². The fourth-order valence-electron chi connectivity index (χ4n) is 3.08. The van der Waals surface area contributed by atoms with Crippen molar-refractivity contribution in [2.24, 2.45) is 0 Å². The van der Waals surface area contributed by atoms with Crippen LogP contribution in [0.3, 0.4) is 0 Å². The quantitative estimate of drug-likeness (QED) is 0.849. The van der Waals surface area contributed by atoms with E-state index in [1.165, 1.54) is 12.1 Å². The fraction of sp³-hybridized carbons (Fsp3) is 0.529. The average molecular weight is 338 g/mol. The lowest BCUT2D eigenvalue weighted by Gasteiger charge is -2.36. The molecule has 1 saturated carbocycles. The number of alkyl halides is 3. The van der Waals surface area contributed by atoms with Gasteiger partial charge in [-0.2, -0.15) is 18.4 Å². The van der Waals surface area contributed by atoms with E-state index >= 15 is 0 Å². The van der Waals surface area contributed by atoms with E-state index in [1.54, 1.807) is 4.90 Å². The highest BCUT2D eigenvalue weighted by atomic mass is 19.4. The Labute approximate surface area is 137 Å². The summed E-state index contributed by atoms with van der Waals surface area (Å²) >= 11 is 0. The maximum atomic E-state index is 12.9. The van der Waals surface area contributed by atoms with E-state index in [9.17, 15) is 18.0 Å². The Morgan fingerprint density at radius 1 is 1.25 bits per heavy atom. The molecule has 7 heteroatoms. The summed E-state index contributed by atoms with van der Waals surface area (Å²) in [6.07, 6.45) is -2.36. The number of nitriles is 1. The Kier molecular flexibility index (Phi) is 4.50. The van der Waals surface area contributed by atoms with Crippen molar-refractivity contribution < 1.29 is 22.7 Å². The summed E-state index contributed by atoms with van der Waals surface area (Å²) < 4.78 is 43.9. The van der Waals surface area contributed by atoms with Crippen LogP contribution in [0.25, 0.3) is 0 Å². The third-order valence-electron chi connectivity index (χ3n) is 4.41. The van der Waals surface area contributed by atoms with Crippen LogP contribution in [0.2, 0.25) is 0 Å². The summed E-state index contributed by atoms with van der Waals surface area (Å²) in [7, 11) is 0. The van der Waals surface area contributed by atoms with Gasteiger partial charge < -0.3 is 9.64 Å². The average Bonchev–Trinajstić information content (AvgIpc) is 3.39. The first-order chi connectivity index (χ1) is 11.4. The molecule has 1 aliphatic heterocycles. The standard InChI is InChI=1S/C17H17F3N2O2/c18-17(19,20)12-3-1-2-11(8-12)16(23)22(13-4-5-13)14-6-7-24-15(9-14)10-21/h1-3,8,13-15H,4-7,9H2/t14-,15?/m1/s1. The molecule has 1 aliphatic carbocycles. The van der Waals surface area contributed by atoms with Crippen LogP contribution in [0.1, 0.15) is 41.6 Å². The number of benzene rings is 1. The number of rotatable bonds is 3. The predicted octanol–water partition coefficient (Wildman–Crippen LogP) is 3.38. The van der Waals surface area contributed by atoms with E-state index < -0.39 is 23.8 Å². The number of nitrogens with zero attached hydrogens (tertiary/aromatic N) is 2. The van der Waals surface area contributed by atoms with E-state index in [4.69, 9.17) is 10.00 Å². The van der Waals surface area contributed by atoms with Crippen molar-refractivity contribution in [3.8, 4) is 6.07 Å². The molecule has 0 spiro atoms. The van der Waals surface area contributed by atoms with Crippen LogP contribution in [0, 0.1) is 11.3 Å². The maximum Gasteiger partial charge on any atom is 0.416 e. The Balaban J connectivity index is 1.84. The SMILES string of the molecule is N#CC1C[C@H](N(C(=O)c2cccc(C(F)(F)F)c2)C2CC2)CCO1. The van der Waals surface area contributed by atoms with E-state index in [2.05, 4.69) is 0 Å². The lowest BCUT2D eigenvalue weighted by atomic mass is 10.00. The molecule has 24 heavy (non-hydrogen) atoms. The first kappa shape index (κ1) is 16.8. The highest BCUT2D eigenvalue weighted by Crippen LogP contribution is 2.35. The smallest absolute Gasteiger partial charge is 0.363 e. The maximum absolute atomic E-state index is 12.9. The van der Waals surface area contributed by atoms with E-state index in [0.717, 1.165) is 25.0 Å². The van der Waals surface area contributed by atoms with Gasteiger partial charge in [0.15, 0.2) is 0 Å². The van der Waals surface area contributed by atoms with E-state index in [-0.39, 0.29) is 17.6 Å². The molecule has 2 fully saturated rings. The second kappa shape index (κ2) is 6.44. The molecule has 1 saturated heterocycles. The number of hydrogen-bond donors (Lipinski definition) is 0. The van der Waals surface area contributed by atoms with Crippen molar-refractivity contribution in [3.63, 3.8) is 0 Å². The van der Waals surface area contributed by atoms with Crippen LogP contribution in [0.5, 0.6) is 0 Å². The molecule has 0 bridgehead atoms. The molecule has 3 rings (SSSR count). The van der Waals surface area contributed by atoms with Gasteiger partial charge in [0.25, 0.3) is 5.91 Å². The van der Waals surface area contributed by atoms with Gasteiger partial charge in [0.1, 0.15) is 6.10 Å². The van der Waals surface area contributed by atoms with Crippen LogP contribution in [0.15, 0.2) is 24.3 Å². The lowest BCUT2D eigenvalue weighted by Crippen LogP contribution is -2.46. The molecule has 1 heterocycles. The molecule has 1 amide bonds. The number of amides is 1. The van der Waals surface area contributed by atoms with Gasteiger partial charge in [0.05, 0.1) is 18.2 Å².